The number of nitrogens with zero attached hydrogens (tertiary/aromatic N) is 2. The number of carbonyl (C=O) groups excluding carboxylic acids is 1. The second-order valence-electron chi connectivity index (χ2n) is 4.98. The Morgan fingerprint density at radius 2 is 2.05 bits per heavy atom. The average Bonchev–Trinajstić information content (AvgIpc) is 2.72. The summed E-state index contributed by atoms with van der Waals surface area (Å²) in [4.78, 5) is 36.5. The van der Waals surface area contributed by atoms with Crippen molar-refractivity contribution in [1.29, 1.82) is 0 Å². The Hall–Kier alpha value is -2.38. The predicted octanol–water partition coefficient (Wildman–Crippen LogP) is 1.25. The van der Waals surface area contributed by atoms with Gasteiger partial charge in [0.05, 0.1) is 11.1 Å². The summed E-state index contributed by atoms with van der Waals surface area (Å²) in [6, 6.07) is 1.09. The number of aliphatic carboxylic acids is 1. The molecule has 1 heterocycles. The molecule has 19 heavy (non-hydrogen) atoms. The first kappa shape index (κ1) is 14.7. The minimum atomic E-state index is -1.15. The molecule has 8 heteroatoms. The zero-order chi connectivity index (χ0) is 14.8. The molecule has 1 amide bonds. The van der Waals surface area contributed by atoms with Crippen LogP contribution in [0.5, 0.6) is 0 Å². The van der Waals surface area contributed by atoms with Crippen molar-refractivity contribution in [3.05, 3.63) is 28.1 Å². The topological polar surface area (TPSA) is 117 Å². The maximum atomic E-state index is 12.2. The molecule has 0 aliphatic rings. The number of amides is 1. The monoisotopic (exact) mass is 269 g/mol. The number of carbonyl (C=O) groups is 2. The lowest BCUT2D eigenvalue weighted by atomic mass is 10.1. The van der Waals surface area contributed by atoms with Crippen molar-refractivity contribution in [3.63, 3.8) is 0 Å². The van der Waals surface area contributed by atoms with E-state index < -0.39 is 28.9 Å². The summed E-state index contributed by atoms with van der Waals surface area (Å²) < 4.78 is 0. The molecular formula is C11H15N3O5. The van der Waals surface area contributed by atoms with Crippen molar-refractivity contribution < 1.29 is 19.6 Å². The number of H-pyrrole nitrogens is 1. The van der Waals surface area contributed by atoms with E-state index in [9.17, 15) is 19.7 Å². The highest BCUT2D eigenvalue weighted by Crippen LogP contribution is 2.19. The molecule has 0 spiro atoms. The molecule has 0 saturated heterocycles. The molecule has 0 saturated carbocycles. The lowest BCUT2D eigenvalue weighted by Gasteiger charge is -2.34. The van der Waals surface area contributed by atoms with Crippen molar-refractivity contribution in [3.8, 4) is 0 Å². The molecule has 0 aliphatic heterocycles. The molecule has 0 atom stereocenters. The van der Waals surface area contributed by atoms with Gasteiger partial charge in [0.15, 0.2) is 0 Å². The molecule has 0 aromatic carbocycles. The summed E-state index contributed by atoms with van der Waals surface area (Å²) >= 11 is 0. The second-order valence-corrected chi connectivity index (χ2v) is 4.98. The third-order valence-electron chi connectivity index (χ3n) is 2.46. The molecule has 0 radical (unpaired) electrons. The normalized spacial score (nSPS) is 11.1. The molecular weight excluding hydrogens is 254 g/mol. The van der Waals surface area contributed by atoms with E-state index in [1.807, 2.05) is 0 Å². The highest BCUT2D eigenvalue weighted by Gasteiger charge is 2.30. The van der Waals surface area contributed by atoms with Gasteiger partial charge in [0, 0.05) is 11.6 Å². The van der Waals surface area contributed by atoms with Gasteiger partial charge >= 0.3 is 5.97 Å². The fourth-order valence-electron chi connectivity index (χ4n) is 1.51. The van der Waals surface area contributed by atoms with Gasteiger partial charge in [0.1, 0.15) is 12.2 Å². The van der Waals surface area contributed by atoms with Crippen molar-refractivity contribution in [2.24, 2.45) is 0 Å². The van der Waals surface area contributed by atoms with Crippen LogP contribution in [0.1, 0.15) is 31.3 Å². The van der Waals surface area contributed by atoms with Crippen LogP contribution in [0.2, 0.25) is 0 Å². The molecule has 0 fully saturated rings. The predicted molar refractivity (Wildman–Crippen MR) is 65.9 cm³/mol. The number of hydrogen-bond acceptors (Lipinski definition) is 4. The number of hydrogen-bond donors (Lipinski definition) is 2. The minimum absolute atomic E-state index is 0.0112. The van der Waals surface area contributed by atoms with Crippen molar-refractivity contribution in [2.75, 3.05) is 6.54 Å². The number of nitro groups is 1. The first-order valence-corrected chi connectivity index (χ1v) is 5.49. The zero-order valence-corrected chi connectivity index (χ0v) is 10.8. The lowest BCUT2D eigenvalue weighted by molar-refractivity contribution is -0.384. The summed E-state index contributed by atoms with van der Waals surface area (Å²) in [6.07, 6.45) is 1.09. The number of rotatable bonds is 4. The molecule has 104 valence electrons. The van der Waals surface area contributed by atoms with E-state index in [0.29, 0.717) is 0 Å². The Balaban J connectivity index is 3.05. The smallest absolute Gasteiger partial charge is 0.323 e. The van der Waals surface area contributed by atoms with E-state index in [4.69, 9.17) is 5.11 Å². The van der Waals surface area contributed by atoms with Gasteiger partial charge in [-0.3, -0.25) is 19.7 Å². The van der Waals surface area contributed by atoms with Gasteiger partial charge in [-0.15, -0.1) is 0 Å². The third-order valence-corrected chi connectivity index (χ3v) is 2.46. The number of carboxylic acids is 1. The SMILES string of the molecule is CC(C)(C)N(CC(=O)O)C(=O)c1cc([N+](=O)[O-])c[nH]1. The van der Waals surface area contributed by atoms with Gasteiger partial charge in [0.2, 0.25) is 0 Å². The average molecular weight is 269 g/mol. The van der Waals surface area contributed by atoms with Gasteiger partial charge in [-0.1, -0.05) is 0 Å². The van der Waals surface area contributed by atoms with Crippen LogP contribution in [0, 0.1) is 10.1 Å². The largest absolute Gasteiger partial charge is 0.480 e. The van der Waals surface area contributed by atoms with E-state index in [-0.39, 0.29) is 11.4 Å². The maximum Gasteiger partial charge on any atom is 0.323 e. The molecule has 1 aromatic heterocycles. The van der Waals surface area contributed by atoms with E-state index >= 15 is 0 Å². The lowest BCUT2D eigenvalue weighted by Crippen LogP contribution is -2.48. The molecule has 0 bridgehead atoms. The van der Waals surface area contributed by atoms with Crippen molar-refractivity contribution in [1.82, 2.24) is 9.88 Å². The number of nitrogens with one attached hydrogen (secondary N) is 1. The standard InChI is InChI=1S/C11H15N3O5/c1-11(2,3)13(6-9(15)16)10(17)8-4-7(5-12-8)14(18)19/h4-5,12H,6H2,1-3H3,(H,15,16). The number of aromatic amines is 1. The van der Waals surface area contributed by atoms with Gasteiger partial charge in [-0.05, 0) is 20.8 Å². The van der Waals surface area contributed by atoms with Gasteiger partial charge in [0.25, 0.3) is 11.6 Å². The summed E-state index contributed by atoms with van der Waals surface area (Å²) in [5.41, 5.74) is -0.967. The van der Waals surface area contributed by atoms with E-state index in [1.165, 1.54) is 0 Å². The Morgan fingerprint density at radius 1 is 1.47 bits per heavy atom. The van der Waals surface area contributed by atoms with E-state index in [2.05, 4.69) is 4.98 Å². The van der Waals surface area contributed by atoms with E-state index in [1.54, 1.807) is 20.8 Å². The maximum absolute atomic E-state index is 12.2. The third kappa shape index (κ3) is 3.54. The highest BCUT2D eigenvalue weighted by molar-refractivity contribution is 5.95. The quantitative estimate of drug-likeness (QED) is 0.630. The van der Waals surface area contributed by atoms with Crippen LogP contribution < -0.4 is 0 Å². The van der Waals surface area contributed by atoms with Crippen LogP contribution >= 0.6 is 0 Å². The first-order valence-electron chi connectivity index (χ1n) is 5.49. The molecule has 2 N–H and O–H groups in total. The number of carboxylic acid groups (broad SMARTS) is 1. The second kappa shape index (κ2) is 5.09. The highest BCUT2D eigenvalue weighted by atomic mass is 16.6. The summed E-state index contributed by atoms with van der Waals surface area (Å²) in [5.74, 6) is -1.74. The van der Waals surface area contributed by atoms with Crippen molar-refractivity contribution in [2.45, 2.75) is 26.3 Å². The minimum Gasteiger partial charge on any atom is -0.480 e. The Bertz CT molecular complexity index is 515. The van der Waals surface area contributed by atoms with Crippen LogP contribution in [0.25, 0.3) is 0 Å². The van der Waals surface area contributed by atoms with Crippen LogP contribution in [-0.2, 0) is 4.79 Å². The van der Waals surface area contributed by atoms with Gasteiger partial charge < -0.3 is 15.0 Å². The molecule has 8 nitrogen and oxygen atoms in total. The summed E-state index contributed by atoms with van der Waals surface area (Å²) in [6.45, 7) is 4.58. The fraction of sp³-hybridized carbons (Fsp3) is 0.455. The van der Waals surface area contributed by atoms with Gasteiger partial charge in [-0.25, -0.2) is 0 Å². The Morgan fingerprint density at radius 3 is 2.42 bits per heavy atom. The molecule has 1 rings (SSSR count). The zero-order valence-electron chi connectivity index (χ0n) is 10.8. The fourth-order valence-corrected chi connectivity index (χ4v) is 1.51. The van der Waals surface area contributed by atoms with E-state index in [0.717, 1.165) is 17.2 Å². The van der Waals surface area contributed by atoms with Crippen LogP contribution in [0.15, 0.2) is 12.3 Å². The number of aromatic nitrogens is 1. The molecule has 0 unspecified atom stereocenters. The summed E-state index contributed by atoms with van der Waals surface area (Å²) in [5, 5.41) is 19.4. The first-order chi connectivity index (χ1) is 8.62. The van der Waals surface area contributed by atoms with Crippen molar-refractivity contribution >= 4 is 17.6 Å². The van der Waals surface area contributed by atoms with Gasteiger partial charge in [-0.2, -0.15) is 0 Å². The summed E-state index contributed by atoms with van der Waals surface area (Å²) in [7, 11) is 0. The molecule has 0 aliphatic carbocycles. The Labute approximate surface area is 109 Å². The van der Waals surface area contributed by atoms with Crippen LogP contribution in [-0.4, -0.2) is 43.9 Å². The molecule has 1 aromatic rings. The Kier molecular flexibility index (Phi) is 3.93. The van der Waals surface area contributed by atoms with Crippen LogP contribution in [0.4, 0.5) is 5.69 Å². The van der Waals surface area contributed by atoms with Crippen LogP contribution in [0.3, 0.4) is 0 Å².